The molecule has 0 aliphatic carbocycles. The molecule has 0 saturated carbocycles. The Hall–Kier alpha value is -1.88. The molecule has 0 spiro atoms. The predicted octanol–water partition coefficient (Wildman–Crippen LogP) is 2.11. The van der Waals surface area contributed by atoms with Crippen LogP contribution in [0, 0.1) is 5.92 Å². The Bertz CT molecular complexity index is 524. The lowest BCUT2D eigenvalue weighted by atomic mass is 10.1. The molecule has 1 saturated heterocycles. The fraction of sp³-hybridized carbons (Fsp3) is 0.529. The Morgan fingerprint density at radius 2 is 1.86 bits per heavy atom. The number of carbonyl (C=O) groups is 2. The van der Waals surface area contributed by atoms with Gasteiger partial charge in [-0.2, -0.15) is 0 Å². The molecule has 5 heteroatoms. The number of piperidine rings is 1. The maximum atomic E-state index is 12.7. The van der Waals surface area contributed by atoms with Gasteiger partial charge < -0.3 is 15.5 Å². The summed E-state index contributed by atoms with van der Waals surface area (Å²) in [6, 6.07) is 7.26. The van der Waals surface area contributed by atoms with Gasteiger partial charge in [0.15, 0.2) is 0 Å². The lowest BCUT2D eigenvalue weighted by molar-refractivity contribution is -0.119. The summed E-state index contributed by atoms with van der Waals surface area (Å²) >= 11 is 0. The Balaban J connectivity index is 2.12. The van der Waals surface area contributed by atoms with Gasteiger partial charge in [-0.3, -0.25) is 9.59 Å². The molecule has 0 radical (unpaired) electrons. The van der Waals surface area contributed by atoms with Gasteiger partial charge in [-0.05, 0) is 38.4 Å². The quantitative estimate of drug-likeness (QED) is 0.876. The largest absolute Gasteiger partial charge is 0.339 e. The standard InChI is InChI=1S/C17H25N3O2/c1-13(12-18-2)16(21)19-15-9-5-4-8-14(15)17(22)20-10-6-3-7-11-20/h4-5,8-9,13,18H,3,6-7,10-12H2,1-2H3,(H,19,21). The van der Waals surface area contributed by atoms with Gasteiger partial charge in [0, 0.05) is 25.6 Å². The molecule has 1 heterocycles. The fourth-order valence-corrected chi connectivity index (χ4v) is 2.70. The summed E-state index contributed by atoms with van der Waals surface area (Å²) in [4.78, 5) is 26.7. The molecule has 0 aromatic heterocycles. The van der Waals surface area contributed by atoms with Gasteiger partial charge in [0.1, 0.15) is 0 Å². The second kappa shape index (κ2) is 7.94. The maximum Gasteiger partial charge on any atom is 0.255 e. The van der Waals surface area contributed by atoms with Crippen molar-refractivity contribution in [3.63, 3.8) is 0 Å². The number of para-hydroxylation sites is 1. The van der Waals surface area contributed by atoms with Crippen molar-refractivity contribution in [3.8, 4) is 0 Å². The highest BCUT2D eigenvalue weighted by Gasteiger charge is 2.22. The van der Waals surface area contributed by atoms with Crippen molar-refractivity contribution in [2.75, 3.05) is 32.0 Å². The summed E-state index contributed by atoms with van der Waals surface area (Å²) in [6.45, 7) is 4.07. The SMILES string of the molecule is CNCC(C)C(=O)Nc1ccccc1C(=O)N1CCCCC1. The third-order valence-corrected chi connectivity index (χ3v) is 4.02. The molecule has 1 aromatic carbocycles. The van der Waals surface area contributed by atoms with Crippen molar-refractivity contribution < 1.29 is 9.59 Å². The number of nitrogens with one attached hydrogen (secondary N) is 2. The lowest BCUT2D eigenvalue weighted by Gasteiger charge is -2.27. The van der Waals surface area contributed by atoms with Crippen LogP contribution < -0.4 is 10.6 Å². The molecule has 0 bridgehead atoms. The number of hydrogen-bond acceptors (Lipinski definition) is 3. The first kappa shape index (κ1) is 16.5. The zero-order valence-corrected chi connectivity index (χ0v) is 13.4. The van der Waals surface area contributed by atoms with Crippen LogP contribution in [0.25, 0.3) is 0 Å². The van der Waals surface area contributed by atoms with Crippen molar-refractivity contribution in [3.05, 3.63) is 29.8 Å². The minimum atomic E-state index is -0.150. The normalized spacial score (nSPS) is 16.2. The highest BCUT2D eigenvalue weighted by atomic mass is 16.2. The lowest BCUT2D eigenvalue weighted by Crippen LogP contribution is -2.36. The summed E-state index contributed by atoms with van der Waals surface area (Å²) in [5.41, 5.74) is 1.18. The van der Waals surface area contributed by atoms with Gasteiger partial charge in [0.05, 0.1) is 11.3 Å². The van der Waals surface area contributed by atoms with Gasteiger partial charge in [0.2, 0.25) is 5.91 Å². The number of likely N-dealkylation sites (tertiary alicyclic amines) is 1. The fourth-order valence-electron chi connectivity index (χ4n) is 2.70. The number of benzene rings is 1. The predicted molar refractivity (Wildman–Crippen MR) is 87.9 cm³/mol. The van der Waals surface area contributed by atoms with E-state index >= 15 is 0 Å². The van der Waals surface area contributed by atoms with Gasteiger partial charge in [0.25, 0.3) is 5.91 Å². The second-order valence-corrected chi connectivity index (χ2v) is 5.85. The molecule has 1 aromatic rings. The van der Waals surface area contributed by atoms with E-state index in [1.54, 1.807) is 12.1 Å². The van der Waals surface area contributed by atoms with Crippen LogP contribution in [0.4, 0.5) is 5.69 Å². The van der Waals surface area contributed by atoms with Crippen molar-refractivity contribution in [1.82, 2.24) is 10.2 Å². The monoisotopic (exact) mass is 303 g/mol. The molecule has 22 heavy (non-hydrogen) atoms. The second-order valence-electron chi connectivity index (χ2n) is 5.85. The van der Waals surface area contributed by atoms with Gasteiger partial charge in [-0.15, -0.1) is 0 Å². The molecule has 2 amide bonds. The first-order valence-electron chi connectivity index (χ1n) is 7.97. The van der Waals surface area contributed by atoms with Crippen molar-refractivity contribution in [1.29, 1.82) is 0 Å². The molecule has 2 rings (SSSR count). The Kier molecular flexibility index (Phi) is 5.95. The van der Waals surface area contributed by atoms with Crippen LogP contribution in [0.2, 0.25) is 0 Å². The van der Waals surface area contributed by atoms with Crippen LogP contribution in [-0.4, -0.2) is 43.4 Å². The molecular formula is C17H25N3O2. The van der Waals surface area contributed by atoms with Crippen LogP contribution in [0.15, 0.2) is 24.3 Å². The van der Waals surface area contributed by atoms with Crippen LogP contribution in [0.1, 0.15) is 36.5 Å². The van der Waals surface area contributed by atoms with Gasteiger partial charge >= 0.3 is 0 Å². The summed E-state index contributed by atoms with van der Waals surface area (Å²) in [6.07, 6.45) is 3.29. The first-order chi connectivity index (χ1) is 10.6. The number of carbonyl (C=O) groups excluding carboxylic acids is 2. The molecule has 1 aliphatic heterocycles. The molecule has 1 unspecified atom stereocenters. The average Bonchev–Trinajstić information content (AvgIpc) is 2.55. The van der Waals surface area contributed by atoms with E-state index in [1.165, 1.54) is 6.42 Å². The number of rotatable bonds is 5. The highest BCUT2D eigenvalue weighted by Crippen LogP contribution is 2.20. The van der Waals surface area contributed by atoms with E-state index in [0.29, 0.717) is 17.8 Å². The van der Waals surface area contributed by atoms with Crippen LogP contribution in [0.3, 0.4) is 0 Å². The van der Waals surface area contributed by atoms with E-state index in [4.69, 9.17) is 0 Å². The Morgan fingerprint density at radius 1 is 1.18 bits per heavy atom. The van der Waals surface area contributed by atoms with E-state index in [1.807, 2.05) is 31.0 Å². The smallest absolute Gasteiger partial charge is 0.255 e. The molecule has 1 atom stereocenters. The molecule has 120 valence electrons. The average molecular weight is 303 g/mol. The van der Waals surface area contributed by atoms with E-state index in [2.05, 4.69) is 10.6 Å². The van der Waals surface area contributed by atoms with Crippen molar-refractivity contribution in [2.24, 2.45) is 5.92 Å². The molecule has 1 fully saturated rings. The third kappa shape index (κ3) is 4.07. The molecule has 5 nitrogen and oxygen atoms in total. The topological polar surface area (TPSA) is 61.4 Å². The number of amides is 2. The third-order valence-electron chi connectivity index (χ3n) is 4.02. The number of nitrogens with zero attached hydrogens (tertiary/aromatic N) is 1. The van der Waals surface area contributed by atoms with E-state index in [-0.39, 0.29) is 17.7 Å². The minimum Gasteiger partial charge on any atom is -0.339 e. The zero-order chi connectivity index (χ0) is 15.9. The summed E-state index contributed by atoms with van der Waals surface area (Å²) in [5.74, 6) is -0.215. The van der Waals surface area contributed by atoms with Crippen LogP contribution in [0.5, 0.6) is 0 Å². The van der Waals surface area contributed by atoms with Gasteiger partial charge in [-0.1, -0.05) is 19.1 Å². The maximum absolute atomic E-state index is 12.7. The summed E-state index contributed by atoms with van der Waals surface area (Å²) < 4.78 is 0. The number of hydrogen-bond donors (Lipinski definition) is 2. The van der Waals surface area contributed by atoms with Gasteiger partial charge in [-0.25, -0.2) is 0 Å². The summed E-state index contributed by atoms with van der Waals surface area (Å²) in [5, 5.41) is 5.88. The van der Waals surface area contributed by atoms with E-state index in [0.717, 1.165) is 25.9 Å². The first-order valence-corrected chi connectivity index (χ1v) is 7.97. The van der Waals surface area contributed by atoms with E-state index in [9.17, 15) is 9.59 Å². The van der Waals surface area contributed by atoms with Crippen molar-refractivity contribution in [2.45, 2.75) is 26.2 Å². The Labute approximate surface area is 132 Å². The minimum absolute atomic E-state index is 0.0110. The number of anilines is 1. The highest BCUT2D eigenvalue weighted by molar-refractivity contribution is 6.04. The Morgan fingerprint density at radius 3 is 2.55 bits per heavy atom. The molecule has 1 aliphatic rings. The molecule has 2 N–H and O–H groups in total. The van der Waals surface area contributed by atoms with Crippen LogP contribution in [-0.2, 0) is 4.79 Å². The zero-order valence-electron chi connectivity index (χ0n) is 13.4. The summed E-state index contributed by atoms with van der Waals surface area (Å²) in [7, 11) is 1.82. The molecular weight excluding hydrogens is 278 g/mol. The van der Waals surface area contributed by atoms with Crippen molar-refractivity contribution >= 4 is 17.5 Å². The van der Waals surface area contributed by atoms with Crippen LogP contribution >= 0.6 is 0 Å². The van der Waals surface area contributed by atoms with E-state index < -0.39 is 0 Å².